The summed E-state index contributed by atoms with van der Waals surface area (Å²) in [6.45, 7) is 6.47. The largest absolute Gasteiger partial charge is 0.310 e. The smallest absolute Gasteiger partial charge is 0.00635 e. The minimum absolute atomic E-state index is 0.382. The predicted octanol–water partition coefficient (Wildman–Crippen LogP) is 3.24. The monoisotopic (exact) mass is 153 g/mol. The average Bonchev–Trinajstić information content (AvgIpc) is 2.43. The van der Waals surface area contributed by atoms with Gasteiger partial charge in [0.15, 0.2) is 0 Å². The van der Waals surface area contributed by atoms with E-state index in [0.717, 1.165) is 18.1 Å². The molecule has 0 spiro atoms. The summed E-state index contributed by atoms with van der Waals surface area (Å²) >= 11 is 0. The maximum absolute atomic E-state index is 7.41. The van der Waals surface area contributed by atoms with Crippen LogP contribution in [0.5, 0.6) is 0 Å². The summed E-state index contributed by atoms with van der Waals surface area (Å²) < 4.78 is 0. The molecule has 0 aromatic rings. The second-order valence-corrected chi connectivity index (χ2v) is 4.77. The van der Waals surface area contributed by atoms with Gasteiger partial charge in [-0.2, -0.15) is 0 Å². The van der Waals surface area contributed by atoms with Gasteiger partial charge in [-0.3, -0.25) is 0 Å². The zero-order valence-electron chi connectivity index (χ0n) is 7.91. The van der Waals surface area contributed by atoms with Crippen molar-refractivity contribution in [3.05, 3.63) is 0 Å². The molecule has 0 bridgehead atoms. The van der Waals surface area contributed by atoms with Crippen molar-refractivity contribution in [1.82, 2.24) is 0 Å². The standard InChI is InChI=1S/C10H19N/c1-8(11)6-10(2,3)7-9-4-5-9/h9,11H,4-7H2,1-3H3. The molecular weight excluding hydrogens is 134 g/mol. The molecule has 1 heteroatoms. The maximum Gasteiger partial charge on any atom is 0.00635 e. The quantitative estimate of drug-likeness (QED) is 0.599. The lowest BCUT2D eigenvalue weighted by Crippen LogP contribution is -2.15. The van der Waals surface area contributed by atoms with E-state index in [1.54, 1.807) is 0 Å². The van der Waals surface area contributed by atoms with E-state index in [0.29, 0.717) is 5.41 Å². The SMILES string of the molecule is CC(=N)CC(C)(C)CC1CC1. The molecule has 11 heavy (non-hydrogen) atoms. The molecule has 1 aliphatic rings. The number of rotatable bonds is 4. The third-order valence-corrected chi connectivity index (χ3v) is 2.28. The van der Waals surface area contributed by atoms with Crippen LogP contribution in [0.3, 0.4) is 0 Å². The molecule has 0 unspecified atom stereocenters. The highest BCUT2D eigenvalue weighted by atomic mass is 14.4. The molecule has 1 rings (SSSR count). The number of hydrogen-bond acceptors (Lipinski definition) is 1. The fourth-order valence-corrected chi connectivity index (χ4v) is 1.89. The van der Waals surface area contributed by atoms with Crippen molar-refractivity contribution in [3.8, 4) is 0 Å². The van der Waals surface area contributed by atoms with Crippen molar-refractivity contribution in [2.45, 2.75) is 46.5 Å². The Morgan fingerprint density at radius 3 is 2.36 bits per heavy atom. The summed E-state index contributed by atoms with van der Waals surface area (Å²) in [5.41, 5.74) is 1.21. The van der Waals surface area contributed by atoms with Crippen molar-refractivity contribution in [1.29, 1.82) is 5.41 Å². The highest BCUT2D eigenvalue weighted by Crippen LogP contribution is 2.41. The molecule has 1 fully saturated rings. The third kappa shape index (κ3) is 3.54. The van der Waals surface area contributed by atoms with Crippen LogP contribution in [-0.4, -0.2) is 5.71 Å². The fourth-order valence-electron chi connectivity index (χ4n) is 1.89. The zero-order chi connectivity index (χ0) is 8.48. The summed E-state index contributed by atoms with van der Waals surface area (Å²) in [5.74, 6) is 0.990. The lowest BCUT2D eigenvalue weighted by atomic mass is 9.82. The Hall–Kier alpha value is -0.330. The minimum atomic E-state index is 0.382. The molecule has 0 aromatic carbocycles. The van der Waals surface area contributed by atoms with E-state index in [1.165, 1.54) is 19.3 Å². The molecule has 0 atom stereocenters. The van der Waals surface area contributed by atoms with E-state index < -0.39 is 0 Å². The predicted molar refractivity (Wildman–Crippen MR) is 49.1 cm³/mol. The van der Waals surface area contributed by atoms with Gasteiger partial charge in [0.25, 0.3) is 0 Å². The molecule has 1 nitrogen and oxygen atoms in total. The molecule has 1 aliphatic carbocycles. The van der Waals surface area contributed by atoms with Crippen LogP contribution in [0.25, 0.3) is 0 Å². The van der Waals surface area contributed by atoms with Crippen LogP contribution in [0.1, 0.15) is 46.5 Å². The molecule has 0 radical (unpaired) electrons. The van der Waals surface area contributed by atoms with E-state index in [2.05, 4.69) is 13.8 Å². The Bertz CT molecular complexity index is 154. The van der Waals surface area contributed by atoms with Crippen LogP contribution in [0, 0.1) is 16.7 Å². The molecule has 0 aromatic heterocycles. The first-order valence-electron chi connectivity index (χ1n) is 4.54. The summed E-state index contributed by atoms with van der Waals surface area (Å²) in [5, 5.41) is 7.41. The van der Waals surface area contributed by atoms with Crippen LogP contribution < -0.4 is 0 Å². The van der Waals surface area contributed by atoms with Crippen LogP contribution in [-0.2, 0) is 0 Å². The molecule has 64 valence electrons. The van der Waals surface area contributed by atoms with Crippen molar-refractivity contribution in [3.63, 3.8) is 0 Å². The van der Waals surface area contributed by atoms with Gasteiger partial charge < -0.3 is 5.41 Å². The van der Waals surface area contributed by atoms with E-state index >= 15 is 0 Å². The van der Waals surface area contributed by atoms with Gasteiger partial charge >= 0.3 is 0 Å². The summed E-state index contributed by atoms with van der Waals surface area (Å²) in [7, 11) is 0. The lowest BCUT2D eigenvalue weighted by molar-refractivity contribution is 0.328. The molecule has 0 aliphatic heterocycles. The Morgan fingerprint density at radius 2 is 2.00 bits per heavy atom. The summed E-state index contributed by atoms with van der Waals surface area (Å²) in [6.07, 6.45) is 5.16. The Balaban J connectivity index is 2.30. The van der Waals surface area contributed by atoms with Crippen molar-refractivity contribution >= 4 is 5.71 Å². The normalized spacial score (nSPS) is 18.5. The van der Waals surface area contributed by atoms with E-state index in [-0.39, 0.29) is 0 Å². The van der Waals surface area contributed by atoms with E-state index in [1.807, 2.05) is 6.92 Å². The Kier molecular flexibility index (Phi) is 2.36. The lowest BCUT2D eigenvalue weighted by Gasteiger charge is -2.23. The summed E-state index contributed by atoms with van der Waals surface area (Å²) in [6, 6.07) is 0. The van der Waals surface area contributed by atoms with Gasteiger partial charge in [-0.25, -0.2) is 0 Å². The van der Waals surface area contributed by atoms with Crippen LogP contribution in [0.4, 0.5) is 0 Å². The van der Waals surface area contributed by atoms with E-state index in [9.17, 15) is 0 Å². The molecule has 1 N–H and O–H groups in total. The second kappa shape index (κ2) is 2.96. The van der Waals surface area contributed by atoms with Gasteiger partial charge in [0, 0.05) is 5.71 Å². The van der Waals surface area contributed by atoms with Gasteiger partial charge in [-0.15, -0.1) is 0 Å². The second-order valence-electron chi connectivity index (χ2n) is 4.77. The third-order valence-electron chi connectivity index (χ3n) is 2.28. The minimum Gasteiger partial charge on any atom is -0.310 e. The van der Waals surface area contributed by atoms with Gasteiger partial charge in [-0.1, -0.05) is 26.7 Å². The zero-order valence-corrected chi connectivity index (χ0v) is 7.91. The first-order chi connectivity index (χ1) is 4.99. The summed E-state index contributed by atoms with van der Waals surface area (Å²) in [4.78, 5) is 0. The van der Waals surface area contributed by atoms with Crippen molar-refractivity contribution < 1.29 is 0 Å². The molecule has 1 saturated carbocycles. The van der Waals surface area contributed by atoms with Gasteiger partial charge in [-0.05, 0) is 31.1 Å². The van der Waals surface area contributed by atoms with Crippen LogP contribution in [0.2, 0.25) is 0 Å². The number of hydrogen-bond donors (Lipinski definition) is 1. The van der Waals surface area contributed by atoms with Gasteiger partial charge in [0.2, 0.25) is 0 Å². The van der Waals surface area contributed by atoms with Crippen LogP contribution >= 0.6 is 0 Å². The first kappa shape index (κ1) is 8.76. The Morgan fingerprint density at radius 1 is 1.45 bits per heavy atom. The van der Waals surface area contributed by atoms with Gasteiger partial charge in [0.1, 0.15) is 0 Å². The number of nitrogens with one attached hydrogen (secondary N) is 1. The molecule has 0 saturated heterocycles. The first-order valence-corrected chi connectivity index (χ1v) is 4.54. The average molecular weight is 153 g/mol. The highest BCUT2D eigenvalue weighted by molar-refractivity contribution is 5.79. The van der Waals surface area contributed by atoms with E-state index in [4.69, 9.17) is 5.41 Å². The molecule has 0 heterocycles. The van der Waals surface area contributed by atoms with Crippen LogP contribution in [0.15, 0.2) is 0 Å². The molecule has 0 amide bonds. The molecular formula is C10H19N. The van der Waals surface area contributed by atoms with Crippen molar-refractivity contribution in [2.24, 2.45) is 11.3 Å². The highest BCUT2D eigenvalue weighted by Gasteiger charge is 2.29. The Labute approximate surface area is 69.7 Å². The fraction of sp³-hybridized carbons (Fsp3) is 0.900. The van der Waals surface area contributed by atoms with Gasteiger partial charge in [0.05, 0.1) is 0 Å². The maximum atomic E-state index is 7.41. The topological polar surface area (TPSA) is 23.9 Å². The van der Waals surface area contributed by atoms with Crippen molar-refractivity contribution in [2.75, 3.05) is 0 Å².